The van der Waals surface area contributed by atoms with Crippen LogP contribution in [0.3, 0.4) is 0 Å². The summed E-state index contributed by atoms with van der Waals surface area (Å²) in [7, 11) is 1.74. The van der Waals surface area contributed by atoms with Crippen LogP contribution in [-0.4, -0.2) is 112 Å². The van der Waals surface area contributed by atoms with Gasteiger partial charge >= 0.3 is 6.03 Å². The number of rotatable bonds is 8. The Hall–Kier alpha value is -6.34. The van der Waals surface area contributed by atoms with Crippen molar-refractivity contribution in [3.8, 4) is 11.3 Å². The molecule has 20 heteroatoms. The molecule has 1 aliphatic carbocycles. The van der Waals surface area contributed by atoms with Crippen LogP contribution in [-0.2, 0) is 17.8 Å². The number of halogens is 5. The van der Waals surface area contributed by atoms with Crippen LogP contribution in [0.2, 0.25) is 5.02 Å². The van der Waals surface area contributed by atoms with Crippen LogP contribution in [0.1, 0.15) is 69.6 Å². The zero-order chi connectivity index (χ0) is 45.9. The highest BCUT2D eigenvalue weighted by atomic mass is 35.5. The van der Waals surface area contributed by atoms with Gasteiger partial charge in [-0.15, -0.1) is 5.10 Å². The lowest BCUT2D eigenvalue weighted by molar-refractivity contribution is -0.220. The monoisotopic (exact) mass is 915 g/mol. The third-order valence-electron chi connectivity index (χ3n) is 13.1. The van der Waals surface area contributed by atoms with Gasteiger partial charge in [-0.3, -0.25) is 34.5 Å². The number of nitrogens with zero attached hydrogens (tertiary/aromatic N) is 8. The molecule has 1 saturated carbocycles. The van der Waals surface area contributed by atoms with Gasteiger partial charge in [-0.2, -0.15) is 0 Å². The first kappa shape index (κ1) is 43.9. The predicted octanol–water partition coefficient (Wildman–Crippen LogP) is 6.67. The summed E-state index contributed by atoms with van der Waals surface area (Å²) in [6, 6.07) is 11.0. The van der Waals surface area contributed by atoms with Gasteiger partial charge in [0.2, 0.25) is 5.91 Å². The number of piperidine rings is 1. The van der Waals surface area contributed by atoms with E-state index in [4.69, 9.17) is 17.3 Å². The molecule has 5 aromatic rings. The molecule has 0 unspecified atom stereocenters. The van der Waals surface area contributed by atoms with Gasteiger partial charge < -0.3 is 20.9 Å². The van der Waals surface area contributed by atoms with E-state index < -0.39 is 53.6 Å². The van der Waals surface area contributed by atoms with Crippen molar-refractivity contribution in [3.63, 3.8) is 0 Å². The number of hydrogen-bond acceptors (Lipinski definition) is 10. The van der Waals surface area contributed by atoms with Crippen LogP contribution in [0.5, 0.6) is 0 Å². The minimum atomic E-state index is -3.21. The summed E-state index contributed by atoms with van der Waals surface area (Å²) in [4.78, 5) is 65.0. The van der Waals surface area contributed by atoms with Gasteiger partial charge in [0.15, 0.2) is 11.5 Å². The number of primary amides is 1. The molecule has 15 nitrogen and oxygen atoms in total. The second-order valence-corrected chi connectivity index (χ2v) is 17.7. The number of imidazole rings is 1. The average Bonchev–Trinajstić information content (AvgIpc) is 3.89. The molecule has 7 heterocycles. The number of benzene rings is 2. The van der Waals surface area contributed by atoms with Gasteiger partial charge in [-0.1, -0.05) is 23.7 Å². The Morgan fingerprint density at radius 3 is 2.40 bits per heavy atom. The summed E-state index contributed by atoms with van der Waals surface area (Å²) in [6.07, 6.45) is 5.96. The first-order chi connectivity index (χ1) is 31.1. The van der Waals surface area contributed by atoms with Crippen LogP contribution in [0.15, 0.2) is 54.9 Å². The largest absolute Gasteiger partial charge is 0.385 e. The summed E-state index contributed by atoms with van der Waals surface area (Å²) in [5.74, 6) is -4.93. The Balaban J connectivity index is 0.000000999. The second-order valence-electron chi connectivity index (χ2n) is 17.3. The number of nitrogens with one attached hydrogen (secondary N) is 2. The minimum Gasteiger partial charge on any atom is -0.385 e. The van der Waals surface area contributed by atoms with Gasteiger partial charge in [0.1, 0.15) is 23.4 Å². The molecule has 0 bridgehead atoms. The SMILES string of the molecule is CNc1cc(N2CCc3c(-c4ncc(CN5CC6(CCN(C(=O)c7cc(Cl)c(C)c(N8CCC(=O)NC8=O)c7)CC6(F)F)C5)cc4F)cccc32)nn2c(C(N)=O)cnc12.FC1CCC1. The molecule has 1 spiro atoms. The van der Waals surface area contributed by atoms with E-state index in [0.717, 1.165) is 35.4 Å². The summed E-state index contributed by atoms with van der Waals surface area (Å²) < 4.78 is 60.8. The number of amides is 5. The number of carbonyl (C=O) groups is 4. The minimum absolute atomic E-state index is 0.0568. The molecule has 340 valence electrons. The van der Waals surface area contributed by atoms with E-state index in [2.05, 4.69) is 25.7 Å². The van der Waals surface area contributed by atoms with Crippen molar-refractivity contribution in [2.45, 2.75) is 64.1 Å². The number of fused-ring (bicyclic) bond motifs is 2. The Morgan fingerprint density at radius 2 is 1.74 bits per heavy atom. The fraction of sp³-hybridized carbons (Fsp3) is 0.400. The molecule has 4 N–H and O–H groups in total. The van der Waals surface area contributed by atoms with E-state index in [-0.39, 0.29) is 67.5 Å². The van der Waals surface area contributed by atoms with Gasteiger partial charge in [-0.05, 0) is 80.0 Å². The maximum absolute atomic E-state index is 16.0. The maximum Gasteiger partial charge on any atom is 0.328 e. The number of nitrogens with two attached hydrogens (primary N) is 1. The van der Waals surface area contributed by atoms with E-state index >= 15 is 13.2 Å². The fourth-order valence-corrected chi connectivity index (χ4v) is 9.47. The smallest absolute Gasteiger partial charge is 0.328 e. The molecule has 4 fully saturated rings. The van der Waals surface area contributed by atoms with Crippen LogP contribution in [0.4, 0.5) is 45.2 Å². The van der Waals surface area contributed by atoms with Crippen molar-refractivity contribution in [1.29, 1.82) is 0 Å². The zero-order valence-electron chi connectivity index (χ0n) is 35.6. The van der Waals surface area contributed by atoms with Crippen molar-refractivity contribution >= 4 is 63.9 Å². The highest BCUT2D eigenvalue weighted by Gasteiger charge is 2.62. The average molecular weight is 916 g/mol. The van der Waals surface area contributed by atoms with Crippen molar-refractivity contribution in [3.05, 3.63) is 93.6 Å². The van der Waals surface area contributed by atoms with Gasteiger partial charge in [0, 0.05) is 86.8 Å². The number of pyridine rings is 1. The maximum atomic E-state index is 16.0. The molecule has 65 heavy (non-hydrogen) atoms. The van der Waals surface area contributed by atoms with E-state index in [1.165, 1.54) is 33.8 Å². The number of carbonyl (C=O) groups excluding carboxylic acids is 4. The predicted molar refractivity (Wildman–Crippen MR) is 235 cm³/mol. The molecule has 0 radical (unpaired) electrons. The summed E-state index contributed by atoms with van der Waals surface area (Å²) in [6.45, 7) is 1.93. The highest BCUT2D eigenvalue weighted by Crippen LogP contribution is 2.51. The molecular weight excluding hydrogens is 870 g/mol. The normalized spacial score (nSPS) is 19.0. The molecule has 5 aliphatic rings. The third-order valence-corrected chi connectivity index (χ3v) is 13.5. The molecular formula is C45H46ClF4N11O4. The fourth-order valence-electron chi connectivity index (χ4n) is 9.26. The van der Waals surface area contributed by atoms with Crippen molar-refractivity contribution < 1.29 is 36.7 Å². The van der Waals surface area contributed by atoms with Gasteiger partial charge in [0.25, 0.3) is 17.7 Å². The Bertz CT molecular complexity index is 2760. The molecule has 0 atom stereocenters. The second kappa shape index (κ2) is 16.9. The molecule has 2 aromatic carbocycles. The van der Waals surface area contributed by atoms with Crippen LogP contribution >= 0.6 is 11.6 Å². The highest BCUT2D eigenvalue weighted by molar-refractivity contribution is 6.32. The summed E-state index contributed by atoms with van der Waals surface area (Å²) in [5.41, 5.74) is 9.36. The zero-order valence-corrected chi connectivity index (χ0v) is 36.4. The van der Waals surface area contributed by atoms with E-state index in [1.54, 1.807) is 20.2 Å². The number of likely N-dealkylation sites (tertiary alicyclic amines) is 2. The van der Waals surface area contributed by atoms with Crippen molar-refractivity contribution in [2.75, 3.05) is 61.4 Å². The lowest BCUT2D eigenvalue weighted by Crippen LogP contribution is -2.70. The molecule has 4 aliphatic heterocycles. The van der Waals surface area contributed by atoms with E-state index in [0.29, 0.717) is 52.5 Å². The first-order valence-corrected chi connectivity index (χ1v) is 21.8. The Kier molecular flexibility index (Phi) is 11.4. The number of urea groups is 1. The van der Waals surface area contributed by atoms with E-state index in [9.17, 15) is 23.6 Å². The van der Waals surface area contributed by atoms with E-state index in [1.807, 2.05) is 34.1 Å². The third kappa shape index (κ3) is 7.98. The topological polar surface area (TPSA) is 174 Å². The van der Waals surface area contributed by atoms with Crippen LogP contribution in [0.25, 0.3) is 16.9 Å². The van der Waals surface area contributed by atoms with Crippen LogP contribution in [0, 0.1) is 18.2 Å². The number of imide groups is 1. The van der Waals surface area contributed by atoms with Crippen molar-refractivity contribution in [2.24, 2.45) is 11.1 Å². The quantitative estimate of drug-likeness (QED) is 0.143. The lowest BCUT2D eigenvalue weighted by atomic mass is 9.69. The molecule has 10 rings (SSSR count). The van der Waals surface area contributed by atoms with Crippen LogP contribution < -0.4 is 26.2 Å². The summed E-state index contributed by atoms with van der Waals surface area (Å²) >= 11 is 6.45. The molecule has 5 amide bonds. The molecule has 3 aromatic heterocycles. The van der Waals surface area contributed by atoms with Gasteiger partial charge in [-0.25, -0.2) is 31.9 Å². The standard InChI is InChI=1S/C41H39ClF3N11O4.C4H7F/c1-22-27(42)13-24(14-31(22)55-10-7-34(57)50-39(55)60)38(59)53-11-8-40(41(44,45)21-53)19-52(20-40)18-23-12-28(43)35(48-16-23)26-4-3-5-30-25(26)6-9-54(30)33-15-29(47-2)37-49-17-32(36(46)58)56(37)51-33;5-4-2-1-3-4/h3-5,12-17,47H,6-11,18-21H2,1-2H3,(H2,46,58)(H,50,57,60);4H,1-3H2. The number of hydrogen-bond donors (Lipinski definition) is 3. The molecule has 3 saturated heterocycles. The van der Waals surface area contributed by atoms with Gasteiger partial charge in [0.05, 0.1) is 29.5 Å². The Labute approximate surface area is 375 Å². The first-order valence-electron chi connectivity index (χ1n) is 21.4. The summed E-state index contributed by atoms with van der Waals surface area (Å²) in [5, 5.41) is 10.2. The number of anilines is 4. The van der Waals surface area contributed by atoms with Crippen molar-refractivity contribution in [1.82, 2.24) is 34.7 Å². The Morgan fingerprint density at radius 1 is 0.985 bits per heavy atom. The number of aromatic nitrogens is 4. The lowest BCUT2D eigenvalue weighted by Gasteiger charge is -2.57. The number of alkyl halides is 3.